The minimum absolute atomic E-state index is 0.871. The van der Waals surface area contributed by atoms with Crippen molar-refractivity contribution in [2.45, 2.75) is 0 Å². The fourth-order valence-corrected chi connectivity index (χ4v) is 7.23. The molecule has 0 saturated carbocycles. The Hall–Kier alpha value is -6.32. The van der Waals surface area contributed by atoms with Gasteiger partial charge in [-0.15, -0.1) is 0 Å². The Kier molecular flexibility index (Phi) is 5.57. The molecule has 2 aromatic heterocycles. The minimum atomic E-state index is 0.871. The summed E-state index contributed by atoms with van der Waals surface area (Å²) in [5, 5.41) is 9.19. The van der Waals surface area contributed by atoms with Crippen molar-refractivity contribution < 1.29 is 8.83 Å². The second-order valence-corrected chi connectivity index (χ2v) is 12.1. The third-order valence-corrected chi connectivity index (χ3v) is 9.44. The van der Waals surface area contributed by atoms with Crippen LogP contribution < -0.4 is 4.90 Å². The minimum Gasteiger partial charge on any atom is -0.456 e. The Labute approximate surface area is 270 Å². The standard InChI is InChI=1S/C44H27NO2/c1-2-11-31-27-33(25-19-28(31)9-1)45(39-16-8-18-41-42(39)38-13-5-6-17-40(38)46-41)32-23-20-30(21-24-32)35-14-7-15-36-37-26-22-29-10-3-4-12-34(29)44(37)47-43(35)36/h1-27H. The number of hydrogen-bond donors (Lipinski definition) is 0. The summed E-state index contributed by atoms with van der Waals surface area (Å²) in [4.78, 5) is 2.34. The molecule has 0 aliphatic rings. The molecule has 3 nitrogen and oxygen atoms in total. The summed E-state index contributed by atoms with van der Waals surface area (Å²) in [6.07, 6.45) is 0. The van der Waals surface area contributed by atoms with Gasteiger partial charge >= 0.3 is 0 Å². The van der Waals surface area contributed by atoms with Gasteiger partial charge in [0.1, 0.15) is 22.3 Å². The van der Waals surface area contributed by atoms with Crippen LogP contribution in [0, 0.1) is 0 Å². The highest BCUT2D eigenvalue weighted by Gasteiger charge is 2.20. The molecule has 3 heteroatoms. The summed E-state index contributed by atoms with van der Waals surface area (Å²) in [6.45, 7) is 0. The van der Waals surface area contributed by atoms with Gasteiger partial charge < -0.3 is 13.7 Å². The van der Waals surface area contributed by atoms with E-state index in [2.05, 4.69) is 157 Å². The van der Waals surface area contributed by atoms with Gasteiger partial charge in [0.25, 0.3) is 0 Å². The molecule has 0 aliphatic heterocycles. The second-order valence-electron chi connectivity index (χ2n) is 12.1. The summed E-state index contributed by atoms with van der Waals surface area (Å²) in [5.41, 5.74) is 9.00. The summed E-state index contributed by atoms with van der Waals surface area (Å²) in [7, 11) is 0. The number of hydrogen-bond acceptors (Lipinski definition) is 3. The molecule has 10 rings (SSSR count). The Bertz CT molecular complexity index is 2800. The number of benzene rings is 8. The summed E-state index contributed by atoms with van der Waals surface area (Å²) >= 11 is 0. The Morgan fingerprint density at radius 2 is 1.04 bits per heavy atom. The molecule has 0 N–H and O–H groups in total. The Balaban J connectivity index is 1.16. The van der Waals surface area contributed by atoms with Crippen LogP contribution in [0.2, 0.25) is 0 Å². The van der Waals surface area contributed by atoms with E-state index in [1.807, 2.05) is 12.1 Å². The van der Waals surface area contributed by atoms with E-state index in [1.165, 1.54) is 16.2 Å². The van der Waals surface area contributed by atoms with Crippen LogP contribution >= 0.6 is 0 Å². The highest BCUT2D eigenvalue weighted by molar-refractivity contribution is 6.17. The first-order valence-electron chi connectivity index (χ1n) is 15.9. The van der Waals surface area contributed by atoms with Gasteiger partial charge in [0.15, 0.2) is 0 Å². The van der Waals surface area contributed by atoms with Crippen LogP contribution in [-0.2, 0) is 0 Å². The molecule has 0 atom stereocenters. The van der Waals surface area contributed by atoms with E-state index in [-0.39, 0.29) is 0 Å². The molecule has 47 heavy (non-hydrogen) atoms. The van der Waals surface area contributed by atoms with E-state index in [4.69, 9.17) is 8.83 Å². The summed E-state index contributed by atoms with van der Waals surface area (Å²) in [6, 6.07) is 57.8. The summed E-state index contributed by atoms with van der Waals surface area (Å²) in [5.74, 6) is 0. The zero-order chi connectivity index (χ0) is 30.9. The van der Waals surface area contributed by atoms with Crippen LogP contribution in [0.3, 0.4) is 0 Å². The van der Waals surface area contributed by atoms with Gasteiger partial charge in [0.05, 0.1) is 11.1 Å². The van der Waals surface area contributed by atoms with Gasteiger partial charge in [-0.1, -0.05) is 115 Å². The first kappa shape index (κ1) is 26.0. The van der Waals surface area contributed by atoms with Crippen molar-refractivity contribution in [1.29, 1.82) is 0 Å². The van der Waals surface area contributed by atoms with E-state index < -0.39 is 0 Å². The number of rotatable bonds is 4. The average Bonchev–Trinajstić information content (AvgIpc) is 3.71. The highest BCUT2D eigenvalue weighted by Crippen LogP contribution is 2.44. The number of fused-ring (bicyclic) bond motifs is 9. The second kappa shape index (κ2) is 10.1. The van der Waals surface area contributed by atoms with Gasteiger partial charge in [0.2, 0.25) is 0 Å². The molecule has 0 fully saturated rings. The van der Waals surface area contributed by atoms with E-state index in [0.717, 1.165) is 77.5 Å². The van der Waals surface area contributed by atoms with Crippen molar-refractivity contribution in [1.82, 2.24) is 0 Å². The van der Waals surface area contributed by atoms with Crippen molar-refractivity contribution in [2.24, 2.45) is 0 Å². The predicted octanol–water partition coefficient (Wildman–Crippen LogP) is 12.9. The van der Waals surface area contributed by atoms with E-state index >= 15 is 0 Å². The first-order valence-corrected chi connectivity index (χ1v) is 15.9. The normalized spacial score (nSPS) is 11.8. The zero-order valence-corrected chi connectivity index (χ0v) is 25.4. The van der Waals surface area contributed by atoms with Gasteiger partial charge in [-0.3, -0.25) is 0 Å². The Morgan fingerprint density at radius 1 is 0.383 bits per heavy atom. The molecule has 8 aromatic carbocycles. The number of anilines is 3. The third kappa shape index (κ3) is 4.00. The Morgan fingerprint density at radius 3 is 1.94 bits per heavy atom. The van der Waals surface area contributed by atoms with Crippen LogP contribution in [0.25, 0.3) is 76.5 Å². The lowest BCUT2D eigenvalue weighted by Crippen LogP contribution is -2.10. The number of furan rings is 2. The zero-order valence-electron chi connectivity index (χ0n) is 25.4. The van der Waals surface area contributed by atoms with Gasteiger partial charge in [-0.2, -0.15) is 0 Å². The molecule has 0 saturated heterocycles. The molecule has 0 bridgehead atoms. The van der Waals surface area contributed by atoms with Gasteiger partial charge in [0, 0.05) is 38.5 Å². The number of nitrogens with zero attached hydrogens (tertiary/aromatic N) is 1. The maximum atomic E-state index is 6.67. The van der Waals surface area contributed by atoms with Crippen molar-refractivity contribution in [3.8, 4) is 11.1 Å². The van der Waals surface area contributed by atoms with Crippen LogP contribution in [0.15, 0.2) is 173 Å². The van der Waals surface area contributed by atoms with Crippen molar-refractivity contribution >= 4 is 82.5 Å². The molecule has 0 amide bonds. The molecular weight excluding hydrogens is 574 g/mol. The fraction of sp³-hybridized carbons (Fsp3) is 0. The van der Waals surface area contributed by atoms with Crippen LogP contribution in [0.4, 0.5) is 17.1 Å². The van der Waals surface area contributed by atoms with Crippen LogP contribution in [-0.4, -0.2) is 0 Å². The highest BCUT2D eigenvalue weighted by atomic mass is 16.3. The molecule has 220 valence electrons. The smallest absolute Gasteiger partial charge is 0.143 e. The molecule has 0 radical (unpaired) electrons. The van der Waals surface area contributed by atoms with Gasteiger partial charge in [-0.25, -0.2) is 0 Å². The lowest BCUT2D eigenvalue weighted by Gasteiger charge is -2.27. The van der Waals surface area contributed by atoms with Crippen molar-refractivity contribution in [3.63, 3.8) is 0 Å². The van der Waals surface area contributed by atoms with Gasteiger partial charge in [-0.05, 0) is 70.3 Å². The molecular formula is C44H27NO2. The van der Waals surface area contributed by atoms with Crippen molar-refractivity contribution in [2.75, 3.05) is 4.90 Å². The summed E-state index contributed by atoms with van der Waals surface area (Å²) < 4.78 is 13.0. The number of para-hydroxylation sites is 2. The lowest BCUT2D eigenvalue weighted by atomic mass is 10.0. The molecule has 10 aromatic rings. The maximum Gasteiger partial charge on any atom is 0.143 e. The van der Waals surface area contributed by atoms with Crippen molar-refractivity contribution in [3.05, 3.63) is 164 Å². The predicted molar refractivity (Wildman–Crippen MR) is 196 cm³/mol. The molecule has 0 spiro atoms. The van der Waals surface area contributed by atoms with E-state index in [0.29, 0.717) is 0 Å². The van der Waals surface area contributed by atoms with Crippen LogP contribution in [0.1, 0.15) is 0 Å². The maximum absolute atomic E-state index is 6.67. The third-order valence-electron chi connectivity index (χ3n) is 9.44. The first-order chi connectivity index (χ1) is 23.3. The van der Waals surface area contributed by atoms with E-state index in [1.54, 1.807) is 0 Å². The SMILES string of the molecule is c1ccc2cc(N(c3ccc(-c4cccc5c4oc4c6ccccc6ccc54)cc3)c3cccc4oc5ccccc5c34)ccc2c1. The fourth-order valence-electron chi connectivity index (χ4n) is 7.23. The monoisotopic (exact) mass is 601 g/mol. The topological polar surface area (TPSA) is 29.5 Å². The average molecular weight is 602 g/mol. The largest absolute Gasteiger partial charge is 0.456 e. The molecule has 0 unspecified atom stereocenters. The lowest BCUT2D eigenvalue weighted by molar-refractivity contribution is 0.669. The molecule has 2 heterocycles. The van der Waals surface area contributed by atoms with Crippen LogP contribution in [0.5, 0.6) is 0 Å². The van der Waals surface area contributed by atoms with E-state index in [9.17, 15) is 0 Å². The molecule has 0 aliphatic carbocycles. The quantitative estimate of drug-likeness (QED) is 0.201.